The van der Waals surface area contributed by atoms with Gasteiger partial charge in [-0.1, -0.05) is 0 Å². The number of rotatable bonds is 4. The molecule has 106 valence electrons. The first-order valence-electron chi connectivity index (χ1n) is 6.40. The Hall–Kier alpha value is -1.34. The zero-order valence-corrected chi connectivity index (χ0v) is 11.8. The van der Waals surface area contributed by atoms with Crippen LogP contribution in [-0.4, -0.2) is 60.4 Å². The van der Waals surface area contributed by atoms with Crippen molar-refractivity contribution in [3.8, 4) is 0 Å². The summed E-state index contributed by atoms with van der Waals surface area (Å²) in [4.78, 5) is 16.7. The standard InChI is InChI=1S/C12H19N3O3S/c1-2-19(17,18)15-7-5-14(6-8-15)12(16)9-11-3-4-13-10-11/h3-4,10,13H,2,5-9H2,1H3. The van der Waals surface area contributed by atoms with Crippen molar-refractivity contribution >= 4 is 15.9 Å². The maximum Gasteiger partial charge on any atom is 0.227 e. The second-order valence-electron chi connectivity index (χ2n) is 4.58. The molecular weight excluding hydrogens is 266 g/mol. The van der Waals surface area contributed by atoms with Crippen molar-refractivity contribution < 1.29 is 13.2 Å². The number of nitrogens with zero attached hydrogens (tertiary/aromatic N) is 2. The number of hydrogen-bond acceptors (Lipinski definition) is 3. The van der Waals surface area contributed by atoms with Crippen molar-refractivity contribution in [2.24, 2.45) is 0 Å². The Bertz CT molecular complexity index is 516. The number of H-pyrrole nitrogens is 1. The van der Waals surface area contributed by atoms with Crippen LogP contribution < -0.4 is 0 Å². The highest BCUT2D eigenvalue weighted by Gasteiger charge is 2.27. The molecule has 1 fully saturated rings. The summed E-state index contributed by atoms with van der Waals surface area (Å²) in [5.41, 5.74) is 0.952. The van der Waals surface area contributed by atoms with E-state index in [-0.39, 0.29) is 11.7 Å². The molecule has 1 amide bonds. The van der Waals surface area contributed by atoms with Crippen LogP contribution in [0.2, 0.25) is 0 Å². The fraction of sp³-hybridized carbons (Fsp3) is 0.583. The largest absolute Gasteiger partial charge is 0.367 e. The highest BCUT2D eigenvalue weighted by molar-refractivity contribution is 7.89. The number of hydrogen-bond donors (Lipinski definition) is 1. The smallest absolute Gasteiger partial charge is 0.227 e. The molecule has 0 bridgehead atoms. The number of aromatic nitrogens is 1. The van der Waals surface area contributed by atoms with E-state index in [0.29, 0.717) is 32.6 Å². The molecule has 0 spiro atoms. The number of amides is 1. The average molecular weight is 285 g/mol. The van der Waals surface area contributed by atoms with Crippen LogP contribution in [0.1, 0.15) is 12.5 Å². The Morgan fingerprint density at radius 3 is 2.53 bits per heavy atom. The molecule has 1 N–H and O–H groups in total. The predicted molar refractivity (Wildman–Crippen MR) is 72.1 cm³/mol. The van der Waals surface area contributed by atoms with Crippen molar-refractivity contribution in [2.45, 2.75) is 13.3 Å². The SMILES string of the molecule is CCS(=O)(=O)N1CCN(C(=O)Cc2cc[nH]c2)CC1. The van der Waals surface area contributed by atoms with Crippen LogP contribution in [0.3, 0.4) is 0 Å². The fourth-order valence-electron chi connectivity index (χ4n) is 2.15. The second kappa shape index (κ2) is 5.75. The maximum atomic E-state index is 12.0. The van der Waals surface area contributed by atoms with E-state index < -0.39 is 10.0 Å². The molecule has 2 rings (SSSR count). The molecule has 0 aromatic carbocycles. The van der Waals surface area contributed by atoms with Gasteiger partial charge in [0.1, 0.15) is 0 Å². The lowest BCUT2D eigenvalue weighted by Crippen LogP contribution is -2.51. The third kappa shape index (κ3) is 3.36. The molecule has 6 nitrogen and oxygen atoms in total. The highest BCUT2D eigenvalue weighted by Crippen LogP contribution is 2.10. The van der Waals surface area contributed by atoms with E-state index >= 15 is 0 Å². The van der Waals surface area contributed by atoms with Gasteiger partial charge in [-0.3, -0.25) is 4.79 Å². The second-order valence-corrected chi connectivity index (χ2v) is 6.83. The Balaban J connectivity index is 1.88. The third-order valence-corrected chi connectivity index (χ3v) is 5.25. The molecule has 0 unspecified atom stereocenters. The molecule has 1 aliphatic heterocycles. The number of sulfonamides is 1. The molecule has 1 aliphatic rings. The number of carbonyl (C=O) groups is 1. The summed E-state index contributed by atoms with van der Waals surface area (Å²) in [5, 5.41) is 0. The molecule has 1 saturated heterocycles. The van der Waals surface area contributed by atoms with Crippen LogP contribution in [0.5, 0.6) is 0 Å². The van der Waals surface area contributed by atoms with E-state index in [1.807, 2.05) is 6.07 Å². The van der Waals surface area contributed by atoms with Gasteiger partial charge in [0.25, 0.3) is 0 Å². The number of carbonyl (C=O) groups excluding carboxylic acids is 1. The number of piperazine rings is 1. The summed E-state index contributed by atoms with van der Waals surface area (Å²) in [7, 11) is -3.13. The van der Waals surface area contributed by atoms with E-state index in [1.54, 1.807) is 24.2 Å². The normalized spacial score (nSPS) is 17.6. The van der Waals surface area contributed by atoms with Gasteiger partial charge in [-0.2, -0.15) is 4.31 Å². The summed E-state index contributed by atoms with van der Waals surface area (Å²) in [6.45, 7) is 3.38. The fourth-order valence-corrected chi connectivity index (χ4v) is 3.24. The first-order chi connectivity index (χ1) is 9.03. The topological polar surface area (TPSA) is 73.5 Å². The molecule has 0 aliphatic carbocycles. The first kappa shape index (κ1) is 14.1. The van der Waals surface area contributed by atoms with Gasteiger partial charge in [0.15, 0.2) is 0 Å². The predicted octanol–water partition coefficient (Wildman–Crippen LogP) is 0.0511. The zero-order chi connectivity index (χ0) is 13.9. The molecule has 0 radical (unpaired) electrons. The van der Waals surface area contributed by atoms with Crippen LogP contribution in [0.25, 0.3) is 0 Å². The quantitative estimate of drug-likeness (QED) is 0.849. The van der Waals surface area contributed by atoms with Gasteiger partial charge >= 0.3 is 0 Å². The van der Waals surface area contributed by atoms with Crippen LogP contribution in [0, 0.1) is 0 Å². The zero-order valence-electron chi connectivity index (χ0n) is 11.0. The van der Waals surface area contributed by atoms with Crippen LogP contribution in [-0.2, 0) is 21.2 Å². The lowest BCUT2D eigenvalue weighted by Gasteiger charge is -2.33. The van der Waals surface area contributed by atoms with Gasteiger partial charge in [0.05, 0.1) is 12.2 Å². The molecule has 0 saturated carbocycles. The van der Waals surface area contributed by atoms with Crippen LogP contribution >= 0.6 is 0 Å². The summed E-state index contributed by atoms with van der Waals surface area (Å²) < 4.78 is 24.9. The molecular formula is C12H19N3O3S. The van der Waals surface area contributed by atoms with Crippen molar-refractivity contribution in [3.63, 3.8) is 0 Å². The van der Waals surface area contributed by atoms with E-state index in [9.17, 15) is 13.2 Å². The minimum absolute atomic E-state index is 0.0492. The van der Waals surface area contributed by atoms with Gasteiger partial charge in [-0.25, -0.2) is 8.42 Å². The van der Waals surface area contributed by atoms with E-state index in [4.69, 9.17) is 0 Å². The Kier molecular flexibility index (Phi) is 4.26. The number of nitrogens with one attached hydrogen (secondary N) is 1. The molecule has 19 heavy (non-hydrogen) atoms. The third-order valence-electron chi connectivity index (χ3n) is 3.37. The molecule has 2 heterocycles. The monoisotopic (exact) mass is 285 g/mol. The van der Waals surface area contributed by atoms with Crippen molar-refractivity contribution in [2.75, 3.05) is 31.9 Å². The average Bonchev–Trinajstić information content (AvgIpc) is 2.91. The highest BCUT2D eigenvalue weighted by atomic mass is 32.2. The van der Waals surface area contributed by atoms with Gasteiger partial charge in [0.2, 0.25) is 15.9 Å². The Labute approximate surface area is 113 Å². The van der Waals surface area contributed by atoms with E-state index in [0.717, 1.165) is 5.56 Å². The van der Waals surface area contributed by atoms with E-state index in [2.05, 4.69) is 4.98 Å². The summed E-state index contributed by atoms with van der Waals surface area (Å²) in [6.07, 6.45) is 3.95. The van der Waals surface area contributed by atoms with Crippen LogP contribution in [0.15, 0.2) is 18.5 Å². The first-order valence-corrected chi connectivity index (χ1v) is 8.01. The minimum atomic E-state index is -3.13. The molecule has 1 aromatic rings. The molecule has 1 aromatic heterocycles. The molecule has 7 heteroatoms. The van der Waals surface area contributed by atoms with Crippen LogP contribution in [0.4, 0.5) is 0 Å². The summed E-state index contributed by atoms with van der Waals surface area (Å²) in [6, 6.07) is 1.87. The van der Waals surface area contributed by atoms with Crippen molar-refractivity contribution in [1.82, 2.24) is 14.2 Å². The van der Waals surface area contributed by atoms with Gasteiger partial charge < -0.3 is 9.88 Å². The van der Waals surface area contributed by atoms with Gasteiger partial charge in [-0.05, 0) is 18.6 Å². The Morgan fingerprint density at radius 1 is 1.32 bits per heavy atom. The van der Waals surface area contributed by atoms with Gasteiger partial charge in [-0.15, -0.1) is 0 Å². The number of aromatic amines is 1. The minimum Gasteiger partial charge on any atom is -0.367 e. The maximum absolute atomic E-state index is 12.0. The lowest BCUT2D eigenvalue weighted by atomic mass is 10.2. The Morgan fingerprint density at radius 2 is 2.00 bits per heavy atom. The summed E-state index contributed by atoms with van der Waals surface area (Å²) in [5.74, 6) is 0.165. The van der Waals surface area contributed by atoms with Gasteiger partial charge in [0, 0.05) is 38.6 Å². The van der Waals surface area contributed by atoms with Crippen molar-refractivity contribution in [1.29, 1.82) is 0 Å². The summed E-state index contributed by atoms with van der Waals surface area (Å²) >= 11 is 0. The van der Waals surface area contributed by atoms with E-state index in [1.165, 1.54) is 4.31 Å². The molecule has 0 atom stereocenters. The van der Waals surface area contributed by atoms with Crippen molar-refractivity contribution in [3.05, 3.63) is 24.0 Å². The lowest BCUT2D eigenvalue weighted by molar-refractivity contribution is -0.131.